The fourth-order valence-electron chi connectivity index (χ4n) is 1.96. The molecule has 0 aromatic carbocycles. The van der Waals surface area contributed by atoms with Crippen molar-refractivity contribution in [3.63, 3.8) is 0 Å². The molecule has 1 aliphatic heterocycles. The van der Waals surface area contributed by atoms with E-state index in [0.717, 1.165) is 25.9 Å². The highest BCUT2D eigenvalue weighted by molar-refractivity contribution is 7.89. The lowest BCUT2D eigenvalue weighted by atomic mass is 9.81. The van der Waals surface area contributed by atoms with Crippen LogP contribution in [0.15, 0.2) is 27.9 Å². The average Bonchev–Trinajstić information content (AvgIpc) is 2.82. The first kappa shape index (κ1) is 15.5. The molecule has 5 nitrogen and oxygen atoms in total. The Kier molecular flexibility index (Phi) is 5.21. The third-order valence-electron chi connectivity index (χ3n) is 3.26. The number of nitrogens with one attached hydrogen (secondary N) is 2. The Morgan fingerprint density at radius 3 is 2.67 bits per heavy atom. The van der Waals surface area contributed by atoms with Crippen LogP contribution >= 0.6 is 12.4 Å². The van der Waals surface area contributed by atoms with E-state index in [0.29, 0.717) is 6.54 Å². The molecule has 0 bridgehead atoms. The van der Waals surface area contributed by atoms with Crippen LogP contribution in [-0.2, 0) is 10.0 Å². The summed E-state index contributed by atoms with van der Waals surface area (Å²) < 4.78 is 31.2. The van der Waals surface area contributed by atoms with E-state index in [1.165, 1.54) is 12.3 Å². The lowest BCUT2D eigenvalue weighted by Gasteiger charge is -2.33. The third kappa shape index (κ3) is 3.71. The van der Waals surface area contributed by atoms with Gasteiger partial charge in [0, 0.05) is 6.54 Å². The van der Waals surface area contributed by atoms with Crippen molar-refractivity contribution in [1.82, 2.24) is 10.0 Å². The first-order chi connectivity index (χ1) is 8.02. The van der Waals surface area contributed by atoms with E-state index in [-0.39, 0.29) is 22.9 Å². The second-order valence-electron chi connectivity index (χ2n) is 4.82. The molecule has 2 heterocycles. The molecule has 104 valence electrons. The molecule has 0 unspecified atom stereocenters. The van der Waals surface area contributed by atoms with E-state index in [2.05, 4.69) is 17.0 Å². The second kappa shape index (κ2) is 6.06. The highest BCUT2D eigenvalue weighted by atomic mass is 35.5. The predicted molar refractivity (Wildman–Crippen MR) is 71.4 cm³/mol. The summed E-state index contributed by atoms with van der Waals surface area (Å²) in [5.41, 5.74) is 0.0327. The molecule has 0 atom stereocenters. The molecular weight excluding hydrogens is 276 g/mol. The Morgan fingerprint density at radius 1 is 1.44 bits per heavy atom. The Bertz CT molecular complexity index is 453. The molecule has 0 radical (unpaired) electrons. The van der Waals surface area contributed by atoms with Gasteiger partial charge in [-0.25, -0.2) is 13.1 Å². The van der Waals surface area contributed by atoms with Crippen molar-refractivity contribution in [3.8, 4) is 0 Å². The van der Waals surface area contributed by atoms with Crippen LogP contribution in [0.2, 0.25) is 0 Å². The first-order valence-electron chi connectivity index (χ1n) is 5.76. The topological polar surface area (TPSA) is 71.3 Å². The van der Waals surface area contributed by atoms with Crippen LogP contribution in [-0.4, -0.2) is 28.1 Å². The van der Waals surface area contributed by atoms with E-state index in [1.807, 2.05) is 0 Å². The number of piperidine rings is 1. The highest BCUT2D eigenvalue weighted by Gasteiger charge is 2.29. The number of rotatable bonds is 4. The summed E-state index contributed by atoms with van der Waals surface area (Å²) in [4.78, 5) is 0. The molecule has 0 aliphatic carbocycles. The van der Waals surface area contributed by atoms with Crippen molar-refractivity contribution in [3.05, 3.63) is 18.4 Å². The summed E-state index contributed by atoms with van der Waals surface area (Å²) in [6.45, 7) is 4.45. The summed E-state index contributed by atoms with van der Waals surface area (Å²) in [6, 6.07) is 3.02. The highest BCUT2D eigenvalue weighted by Crippen LogP contribution is 2.27. The van der Waals surface area contributed by atoms with Crippen molar-refractivity contribution in [1.29, 1.82) is 0 Å². The molecule has 2 N–H and O–H groups in total. The average molecular weight is 295 g/mol. The molecule has 0 saturated carbocycles. The van der Waals surface area contributed by atoms with Crippen LogP contribution in [0.5, 0.6) is 0 Å². The number of furan rings is 1. The quantitative estimate of drug-likeness (QED) is 0.880. The summed E-state index contributed by atoms with van der Waals surface area (Å²) >= 11 is 0. The van der Waals surface area contributed by atoms with Crippen molar-refractivity contribution in [2.45, 2.75) is 24.9 Å². The predicted octanol–water partition coefficient (Wildman–Crippen LogP) is 1.37. The Balaban J connectivity index is 0.00000162. The van der Waals surface area contributed by atoms with E-state index >= 15 is 0 Å². The van der Waals surface area contributed by atoms with Crippen LogP contribution in [0.4, 0.5) is 0 Å². The molecule has 1 aromatic rings. The van der Waals surface area contributed by atoms with Gasteiger partial charge in [0.2, 0.25) is 5.09 Å². The van der Waals surface area contributed by atoms with Gasteiger partial charge in [-0.1, -0.05) is 6.92 Å². The minimum atomic E-state index is -3.49. The number of hydrogen-bond donors (Lipinski definition) is 2. The maximum absolute atomic E-state index is 11.9. The molecule has 1 saturated heterocycles. The zero-order chi connectivity index (χ0) is 12.4. The standard InChI is InChI=1S/C11H18N2O3S.ClH/c1-11(4-6-12-7-5-11)9-13-17(14,15)10-3-2-8-16-10;/h2-3,8,12-13H,4-7,9H2,1H3;1H. The molecule has 1 aromatic heterocycles. The van der Waals surface area contributed by atoms with Gasteiger partial charge in [-0.2, -0.15) is 0 Å². The Morgan fingerprint density at radius 2 is 2.11 bits per heavy atom. The Labute approximate surface area is 114 Å². The van der Waals surface area contributed by atoms with Gasteiger partial charge in [-0.15, -0.1) is 12.4 Å². The lowest BCUT2D eigenvalue weighted by molar-refractivity contribution is 0.232. The van der Waals surface area contributed by atoms with E-state index in [9.17, 15) is 8.42 Å². The molecular formula is C11H19ClN2O3S. The lowest BCUT2D eigenvalue weighted by Crippen LogP contribution is -2.42. The Hall–Kier alpha value is -0.560. The summed E-state index contributed by atoms with van der Waals surface area (Å²) in [5, 5.41) is 3.25. The van der Waals surface area contributed by atoms with Crippen LogP contribution in [0, 0.1) is 5.41 Å². The molecule has 18 heavy (non-hydrogen) atoms. The van der Waals surface area contributed by atoms with Crippen molar-refractivity contribution in [2.24, 2.45) is 5.41 Å². The van der Waals surface area contributed by atoms with Gasteiger partial charge in [0.15, 0.2) is 0 Å². The van der Waals surface area contributed by atoms with Gasteiger partial charge < -0.3 is 9.73 Å². The van der Waals surface area contributed by atoms with E-state index in [1.54, 1.807) is 6.07 Å². The molecule has 1 fully saturated rings. The SMILES string of the molecule is CC1(CNS(=O)(=O)c2ccco2)CCNCC1.Cl. The van der Waals surface area contributed by atoms with Crippen LogP contribution < -0.4 is 10.0 Å². The van der Waals surface area contributed by atoms with Crippen molar-refractivity contribution >= 4 is 22.4 Å². The van der Waals surface area contributed by atoms with Crippen molar-refractivity contribution < 1.29 is 12.8 Å². The molecule has 7 heteroatoms. The number of halogens is 1. The summed E-state index contributed by atoms with van der Waals surface area (Å²) in [7, 11) is -3.49. The van der Waals surface area contributed by atoms with E-state index in [4.69, 9.17) is 4.42 Å². The van der Waals surface area contributed by atoms with Gasteiger partial charge in [-0.05, 0) is 43.5 Å². The van der Waals surface area contributed by atoms with Gasteiger partial charge in [0.1, 0.15) is 0 Å². The smallest absolute Gasteiger partial charge is 0.273 e. The van der Waals surface area contributed by atoms with Gasteiger partial charge in [0.25, 0.3) is 10.0 Å². The fraction of sp³-hybridized carbons (Fsp3) is 0.636. The maximum atomic E-state index is 11.9. The number of sulfonamides is 1. The largest absolute Gasteiger partial charge is 0.452 e. The van der Waals surface area contributed by atoms with Crippen molar-refractivity contribution in [2.75, 3.05) is 19.6 Å². The van der Waals surface area contributed by atoms with Gasteiger partial charge in [0.05, 0.1) is 6.26 Å². The first-order valence-corrected chi connectivity index (χ1v) is 7.24. The van der Waals surface area contributed by atoms with E-state index < -0.39 is 10.0 Å². The van der Waals surface area contributed by atoms with Crippen LogP contribution in [0.3, 0.4) is 0 Å². The minimum absolute atomic E-state index is 0. The number of hydrogen-bond acceptors (Lipinski definition) is 4. The van der Waals surface area contributed by atoms with Gasteiger partial charge in [-0.3, -0.25) is 0 Å². The fourth-order valence-corrected chi connectivity index (χ4v) is 3.08. The zero-order valence-corrected chi connectivity index (χ0v) is 11.9. The summed E-state index contributed by atoms with van der Waals surface area (Å²) in [5.74, 6) is 0. The maximum Gasteiger partial charge on any atom is 0.273 e. The van der Waals surface area contributed by atoms with Crippen LogP contribution in [0.1, 0.15) is 19.8 Å². The normalized spacial score (nSPS) is 19.2. The molecule has 2 rings (SSSR count). The van der Waals surface area contributed by atoms with Crippen LogP contribution in [0.25, 0.3) is 0 Å². The zero-order valence-electron chi connectivity index (χ0n) is 10.3. The molecule has 0 spiro atoms. The van der Waals surface area contributed by atoms with Gasteiger partial charge >= 0.3 is 0 Å². The second-order valence-corrected chi connectivity index (χ2v) is 6.52. The minimum Gasteiger partial charge on any atom is -0.452 e. The molecule has 0 amide bonds. The summed E-state index contributed by atoms with van der Waals surface area (Å²) in [6.07, 6.45) is 3.32. The monoisotopic (exact) mass is 294 g/mol. The molecule has 1 aliphatic rings. The third-order valence-corrected chi connectivity index (χ3v) is 4.55.